The molecule has 1 aromatic rings. The molecule has 0 aromatic heterocycles. The fourth-order valence-corrected chi connectivity index (χ4v) is 7.97. The van der Waals surface area contributed by atoms with Crippen LogP contribution in [-0.4, -0.2) is 29.5 Å². The van der Waals surface area contributed by atoms with Crippen LogP contribution in [0.1, 0.15) is 58.9 Å². The van der Waals surface area contributed by atoms with Gasteiger partial charge in [-0.15, -0.1) is 6.58 Å². The number of ether oxygens (including phenoxy) is 2. The van der Waals surface area contributed by atoms with E-state index in [0.29, 0.717) is 12.5 Å². The minimum absolute atomic E-state index is 0.126. The Bertz CT molecular complexity index is 1110. The lowest BCUT2D eigenvalue weighted by Gasteiger charge is -2.49. The SMILES string of the molecule is C=C[C@](C)(C[C@@H](OCOCc1ccccc1)C1(C)C2=C(CC=C2O[Si](C)(C)C)CCC1C)/C(=C/C)O[Si](C)(C)C. The van der Waals surface area contributed by atoms with Gasteiger partial charge in [0.1, 0.15) is 12.6 Å². The summed E-state index contributed by atoms with van der Waals surface area (Å²) in [5.74, 6) is 2.49. The van der Waals surface area contributed by atoms with E-state index in [4.69, 9.17) is 18.3 Å². The van der Waals surface area contributed by atoms with Crippen LogP contribution < -0.4 is 0 Å². The molecule has 0 fully saturated rings. The highest BCUT2D eigenvalue weighted by atomic mass is 28.4. The zero-order chi connectivity index (χ0) is 29.8. The third-order valence-corrected chi connectivity index (χ3v) is 10.1. The number of hydrogen-bond donors (Lipinski definition) is 0. The molecule has 0 saturated heterocycles. The Labute approximate surface area is 246 Å². The topological polar surface area (TPSA) is 36.9 Å². The summed E-state index contributed by atoms with van der Waals surface area (Å²) in [5, 5.41) is 0. The Balaban J connectivity index is 1.99. The van der Waals surface area contributed by atoms with Crippen LogP contribution in [0.15, 0.2) is 77.8 Å². The molecule has 222 valence electrons. The van der Waals surface area contributed by atoms with Crippen molar-refractivity contribution in [3.63, 3.8) is 0 Å². The first-order chi connectivity index (χ1) is 18.6. The first-order valence-electron chi connectivity index (χ1n) is 15.0. The van der Waals surface area contributed by atoms with Crippen LogP contribution >= 0.6 is 0 Å². The van der Waals surface area contributed by atoms with E-state index in [0.717, 1.165) is 42.8 Å². The van der Waals surface area contributed by atoms with Crippen molar-refractivity contribution in [1.29, 1.82) is 0 Å². The summed E-state index contributed by atoms with van der Waals surface area (Å²) in [7, 11) is -3.63. The molecule has 3 rings (SSSR count). The van der Waals surface area contributed by atoms with Gasteiger partial charge in [-0.3, -0.25) is 0 Å². The first-order valence-corrected chi connectivity index (χ1v) is 21.8. The van der Waals surface area contributed by atoms with Crippen molar-refractivity contribution in [1.82, 2.24) is 0 Å². The highest BCUT2D eigenvalue weighted by Crippen LogP contribution is 2.56. The molecule has 2 unspecified atom stereocenters. The molecular formula is C34H54O4Si2. The van der Waals surface area contributed by atoms with Gasteiger partial charge < -0.3 is 18.3 Å². The Kier molecular flexibility index (Phi) is 10.6. The summed E-state index contributed by atoms with van der Waals surface area (Å²) in [5.41, 5.74) is 3.40. The van der Waals surface area contributed by atoms with Crippen molar-refractivity contribution in [2.24, 2.45) is 16.7 Å². The summed E-state index contributed by atoms with van der Waals surface area (Å²) in [6.07, 6.45) is 10.4. The first kappa shape index (κ1) is 32.6. The van der Waals surface area contributed by atoms with Crippen molar-refractivity contribution in [3.8, 4) is 0 Å². The number of allylic oxidation sites excluding steroid dienone is 5. The largest absolute Gasteiger partial charge is 0.547 e. The number of rotatable bonds is 14. The Hall–Kier alpha value is -1.87. The molecule has 0 aliphatic heterocycles. The normalized spacial score (nSPS) is 24.2. The average molecular weight is 583 g/mol. The van der Waals surface area contributed by atoms with Crippen molar-refractivity contribution in [2.75, 3.05) is 6.79 Å². The minimum atomic E-state index is -1.83. The molecule has 2 aliphatic rings. The molecule has 0 amide bonds. The summed E-state index contributed by atoms with van der Waals surface area (Å²) >= 11 is 0. The van der Waals surface area contributed by atoms with Crippen molar-refractivity contribution in [3.05, 3.63) is 83.4 Å². The van der Waals surface area contributed by atoms with Crippen LogP contribution in [0.25, 0.3) is 0 Å². The van der Waals surface area contributed by atoms with Gasteiger partial charge in [0.15, 0.2) is 0 Å². The van der Waals surface area contributed by atoms with Gasteiger partial charge in [-0.1, -0.05) is 61.9 Å². The molecule has 1 aromatic carbocycles. The number of benzene rings is 1. The molecule has 0 spiro atoms. The van der Waals surface area contributed by atoms with E-state index in [-0.39, 0.29) is 23.7 Å². The third kappa shape index (κ3) is 7.90. The van der Waals surface area contributed by atoms with Crippen LogP contribution in [0.5, 0.6) is 0 Å². The predicted molar refractivity (Wildman–Crippen MR) is 173 cm³/mol. The zero-order valence-electron chi connectivity index (χ0n) is 26.9. The lowest BCUT2D eigenvalue weighted by atomic mass is 9.59. The van der Waals surface area contributed by atoms with E-state index in [2.05, 4.69) is 104 Å². The smallest absolute Gasteiger partial charge is 0.242 e. The highest BCUT2D eigenvalue weighted by Gasteiger charge is 2.51. The second-order valence-electron chi connectivity index (χ2n) is 14.0. The molecular weight excluding hydrogens is 529 g/mol. The molecule has 0 radical (unpaired) electrons. The molecule has 2 aliphatic carbocycles. The lowest BCUT2D eigenvalue weighted by Crippen LogP contribution is -2.47. The maximum atomic E-state index is 6.84. The van der Waals surface area contributed by atoms with Gasteiger partial charge in [0.05, 0.1) is 18.5 Å². The maximum Gasteiger partial charge on any atom is 0.242 e. The number of hydrogen-bond acceptors (Lipinski definition) is 4. The second-order valence-corrected chi connectivity index (χ2v) is 22.8. The van der Waals surface area contributed by atoms with E-state index in [1.807, 2.05) is 18.2 Å². The van der Waals surface area contributed by atoms with Crippen molar-refractivity contribution in [2.45, 2.75) is 105 Å². The molecule has 4 nitrogen and oxygen atoms in total. The van der Waals surface area contributed by atoms with Gasteiger partial charge in [-0.05, 0) is 96.4 Å². The second kappa shape index (κ2) is 13.0. The van der Waals surface area contributed by atoms with Crippen LogP contribution in [0, 0.1) is 16.7 Å². The van der Waals surface area contributed by atoms with E-state index < -0.39 is 16.6 Å². The Morgan fingerprint density at radius 2 is 1.80 bits per heavy atom. The maximum absolute atomic E-state index is 6.84. The van der Waals surface area contributed by atoms with Gasteiger partial charge in [0.25, 0.3) is 0 Å². The molecule has 40 heavy (non-hydrogen) atoms. The van der Waals surface area contributed by atoms with Gasteiger partial charge >= 0.3 is 0 Å². The van der Waals surface area contributed by atoms with Gasteiger partial charge in [0.2, 0.25) is 16.6 Å². The van der Waals surface area contributed by atoms with Crippen LogP contribution in [-0.2, 0) is 24.9 Å². The summed E-state index contributed by atoms with van der Waals surface area (Å²) in [4.78, 5) is 0. The van der Waals surface area contributed by atoms with Crippen LogP contribution in [0.2, 0.25) is 39.3 Å². The van der Waals surface area contributed by atoms with E-state index in [1.165, 1.54) is 11.1 Å². The summed E-state index contributed by atoms with van der Waals surface area (Å²) in [6, 6.07) is 10.3. The van der Waals surface area contributed by atoms with E-state index in [9.17, 15) is 0 Å². The highest BCUT2D eigenvalue weighted by molar-refractivity contribution is 6.70. The minimum Gasteiger partial charge on any atom is -0.547 e. The molecule has 0 saturated carbocycles. The standard InChI is InChI=1S/C34H54O4Si2/c1-12-30(38-40(9,10)11)33(4,13-2)23-31(36-25-35-24-27-17-15-14-16-18-27)34(5)26(3)19-20-28-21-22-29(32(28)34)37-39(6,7)8/h12-18,22,26,31H,2,19-21,23-25H2,1,3-11H3/b30-12-/t26?,31-,33-,34?/m1/s1. The predicted octanol–water partition coefficient (Wildman–Crippen LogP) is 9.76. The van der Waals surface area contributed by atoms with Gasteiger partial charge in [-0.25, -0.2) is 0 Å². The van der Waals surface area contributed by atoms with Crippen LogP contribution in [0.3, 0.4) is 0 Å². The molecule has 6 heteroatoms. The zero-order valence-corrected chi connectivity index (χ0v) is 28.9. The molecule has 0 heterocycles. The van der Waals surface area contributed by atoms with Gasteiger partial charge in [0, 0.05) is 16.4 Å². The lowest BCUT2D eigenvalue weighted by molar-refractivity contribution is -0.145. The third-order valence-electron chi connectivity index (χ3n) is 8.43. The molecule has 4 atom stereocenters. The van der Waals surface area contributed by atoms with Gasteiger partial charge in [-0.2, -0.15) is 0 Å². The van der Waals surface area contributed by atoms with Crippen molar-refractivity contribution >= 4 is 16.6 Å². The van der Waals surface area contributed by atoms with E-state index >= 15 is 0 Å². The molecule has 0 N–H and O–H groups in total. The Morgan fingerprint density at radius 3 is 2.38 bits per heavy atom. The summed E-state index contributed by atoms with van der Waals surface area (Å²) < 4.78 is 26.3. The van der Waals surface area contributed by atoms with Crippen molar-refractivity contribution < 1.29 is 18.3 Å². The quantitative estimate of drug-likeness (QED) is 0.0719. The van der Waals surface area contributed by atoms with E-state index in [1.54, 1.807) is 0 Å². The fraction of sp³-hybridized carbons (Fsp3) is 0.588. The monoisotopic (exact) mass is 582 g/mol. The van der Waals surface area contributed by atoms with Crippen LogP contribution in [0.4, 0.5) is 0 Å². The molecule has 0 bridgehead atoms. The fourth-order valence-electron chi connectivity index (χ4n) is 6.12. The average Bonchev–Trinajstić information content (AvgIpc) is 3.28. The Morgan fingerprint density at radius 1 is 1.12 bits per heavy atom. The summed E-state index contributed by atoms with van der Waals surface area (Å²) in [6.45, 7) is 27.6.